The van der Waals surface area contributed by atoms with E-state index in [1.54, 1.807) is 6.21 Å². The van der Waals surface area contributed by atoms with Gasteiger partial charge in [0.2, 0.25) is 0 Å². The number of hydrazone groups is 1. The summed E-state index contributed by atoms with van der Waals surface area (Å²) in [6, 6.07) is 2.08. The van der Waals surface area contributed by atoms with Crippen molar-refractivity contribution in [1.82, 2.24) is 5.43 Å². The number of carbonyl (C=O) groups is 1. The van der Waals surface area contributed by atoms with Gasteiger partial charge in [0.05, 0.1) is 0 Å². The summed E-state index contributed by atoms with van der Waals surface area (Å²) in [5.74, 6) is -1.52. The Morgan fingerprint density at radius 1 is 1.22 bits per heavy atom. The van der Waals surface area contributed by atoms with Crippen LogP contribution in [0.3, 0.4) is 0 Å². The number of hydrogen-bond donors (Lipinski definition) is 2. The van der Waals surface area contributed by atoms with Crippen LogP contribution in [0.2, 0.25) is 0 Å². The Morgan fingerprint density at radius 3 is 2.28 bits per heavy atom. The van der Waals surface area contributed by atoms with Crippen LogP contribution in [0.15, 0.2) is 23.3 Å². The first-order valence-corrected chi connectivity index (χ1v) is 5.33. The second-order valence-corrected chi connectivity index (χ2v) is 4.85. The van der Waals surface area contributed by atoms with Crippen LogP contribution in [-0.2, 0) is 0 Å². The summed E-state index contributed by atoms with van der Waals surface area (Å²) in [5, 5.41) is 5.98. The molecule has 4 nitrogen and oxygen atoms in total. The Hall–Kier alpha value is -1.98. The second kappa shape index (κ2) is 5.57. The molecule has 0 aliphatic rings. The van der Waals surface area contributed by atoms with Crippen LogP contribution < -0.4 is 10.7 Å². The van der Waals surface area contributed by atoms with E-state index in [0.717, 1.165) is 18.2 Å². The van der Waals surface area contributed by atoms with Crippen molar-refractivity contribution in [3.05, 3.63) is 29.8 Å². The smallest absolute Gasteiger partial charge is 0.306 e. The maximum absolute atomic E-state index is 12.8. The lowest BCUT2D eigenvalue weighted by Crippen LogP contribution is -2.25. The van der Waals surface area contributed by atoms with Gasteiger partial charge in [-0.1, -0.05) is 20.8 Å². The third-order valence-electron chi connectivity index (χ3n) is 1.74. The number of amides is 2. The summed E-state index contributed by atoms with van der Waals surface area (Å²) >= 11 is 0. The highest BCUT2D eigenvalue weighted by Crippen LogP contribution is 2.12. The number of nitrogens with one attached hydrogen (secondary N) is 2. The summed E-state index contributed by atoms with van der Waals surface area (Å²) in [5.41, 5.74) is 2.06. The summed E-state index contributed by atoms with van der Waals surface area (Å²) in [4.78, 5) is 11.3. The summed E-state index contributed by atoms with van der Waals surface area (Å²) in [6.07, 6.45) is 1.55. The molecular weight excluding hydrogens is 240 g/mol. The molecule has 0 unspecified atom stereocenters. The third-order valence-corrected chi connectivity index (χ3v) is 1.74. The Balaban J connectivity index is 2.57. The van der Waals surface area contributed by atoms with Gasteiger partial charge in [0.1, 0.15) is 11.6 Å². The Bertz CT molecular complexity index is 447. The van der Waals surface area contributed by atoms with Gasteiger partial charge in [-0.15, -0.1) is 0 Å². The normalized spacial score (nSPS) is 11.6. The van der Waals surface area contributed by atoms with Crippen molar-refractivity contribution in [3.8, 4) is 0 Å². The molecule has 6 heteroatoms. The summed E-state index contributed by atoms with van der Waals surface area (Å²) in [6.45, 7) is 5.74. The molecule has 0 aliphatic heterocycles. The van der Waals surface area contributed by atoms with Crippen molar-refractivity contribution in [3.63, 3.8) is 0 Å². The van der Waals surface area contributed by atoms with E-state index in [2.05, 4.69) is 15.8 Å². The molecule has 1 aromatic carbocycles. The first-order valence-electron chi connectivity index (χ1n) is 5.33. The van der Waals surface area contributed by atoms with Crippen LogP contribution in [0.1, 0.15) is 20.8 Å². The maximum Gasteiger partial charge on any atom is 0.339 e. The number of urea groups is 1. The van der Waals surface area contributed by atoms with Gasteiger partial charge in [0.15, 0.2) is 0 Å². The van der Waals surface area contributed by atoms with E-state index in [9.17, 15) is 13.6 Å². The number of benzene rings is 1. The number of rotatable bonds is 2. The van der Waals surface area contributed by atoms with Crippen LogP contribution in [0.4, 0.5) is 19.3 Å². The number of anilines is 1. The van der Waals surface area contributed by atoms with Crippen LogP contribution in [0.5, 0.6) is 0 Å². The first-order chi connectivity index (χ1) is 8.26. The Morgan fingerprint density at radius 2 is 1.78 bits per heavy atom. The predicted molar refractivity (Wildman–Crippen MR) is 66.5 cm³/mol. The first kappa shape index (κ1) is 14.1. The second-order valence-electron chi connectivity index (χ2n) is 4.85. The number of nitrogens with zero attached hydrogens (tertiary/aromatic N) is 1. The maximum atomic E-state index is 12.8. The van der Waals surface area contributed by atoms with Crippen LogP contribution >= 0.6 is 0 Å². The number of hydrogen-bond acceptors (Lipinski definition) is 2. The van der Waals surface area contributed by atoms with E-state index >= 15 is 0 Å². The Labute approximate surface area is 104 Å². The van der Waals surface area contributed by atoms with Crippen molar-refractivity contribution in [2.45, 2.75) is 20.8 Å². The average Bonchev–Trinajstić information content (AvgIpc) is 2.12. The highest BCUT2D eigenvalue weighted by atomic mass is 19.1. The van der Waals surface area contributed by atoms with Gasteiger partial charge < -0.3 is 5.32 Å². The molecule has 2 amide bonds. The highest BCUT2D eigenvalue weighted by Gasteiger charge is 2.07. The van der Waals surface area contributed by atoms with Gasteiger partial charge in [-0.05, 0) is 17.5 Å². The predicted octanol–water partition coefficient (Wildman–Crippen LogP) is 3.12. The van der Waals surface area contributed by atoms with E-state index in [1.807, 2.05) is 20.8 Å². The third kappa shape index (κ3) is 5.38. The molecule has 0 aliphatic carbocycles. The molecule has 18 heavy (non-hydrogen) atoms. The Kier molecular flexibility index (Phi) is 4.36. The van der Waals surface area contributed by atoms with Crippen molar-refractivity contribution in [1.29, 1.82) is 0 Å². The lowest BCUT2D eigenvalue weighted by Gasteiger charge is -2.10. The fraction of sp³-hybridized carbons (Fsp3) is 0.333. The molecule has 98 valence electrons. The summed E-state index contributed by atoms with van der Waals surface area (Å²) < 4.78 is 25.7. The van der Waals surface area contributed by atoms with E-state index < -0.39 is 17.7 Å². The zero-order valence-corrected chi connectivity index (χ0v) is 10.4. The molecule has 0 radical (unpaired) electrons. The molecule has 0 saturated carbocycles. The van der Waals surface area contributed by atoms with Gasteiger partial charge in [0.25, 0.3) is 0 Å². The lowest BCUT2D eigenvalue weighted by atomic mass is 9.99. The number of halogens is 2. The van der Waals surface area contributed by atoms with Crippen LogP contribution in [0, 0.1) is 17.0 Å². The molecule has 2 N–H and O–H groups in total. The van der Waals surface area contributed by atoms with Crippen molar-refractivity contribution in [2.75, 3.05) is 5.32 Å². The minimum Gasteiger partial charge on any atom is -0.306 e. The molecule has 0 bridgehead atoms. The number of carbonyl (C=O) groups excluding carboxylic acids is 1. The van der Waals surface area contributed by atoms with Crippen molar-refractivity contribution >= 4 is 17.9 Å². The zero-order valence-electron chi connectivity index (χ0n) is 10.4. The minimum atomic E-state index is -0.761. The SMILES string of the molecule is CC(C)(C)/C=N/NC(=O)Nc1cc(F)cc(F)c1. The topological polar surface area (TPSA) is 53.5 Å². The molecular formula is C12H15F2N3O. The van der Waals surface area contributed by atoms with Gasteiger partial charge in [-0.2, -0.15) is 5.10 Å². The standard InChI is InChI=1S/C12H15F2N3O/c1-12(2,3)7-15-17-11(18)16-10-5-8(13)4-9(14)6-10/h4-7H,1-3H3,(H2,16,17,18)/b15-7+. The van der Waals surface area contributed by atoms with E-state index in [0.29, 0.717) is 0 Å². The molecule has 0 saturated heterocycles. The molecule has 1 aromatic rings. The molecule has 0 spiro atoms. The largest absolute Gasteiger partial charge is 0.339 e. The van der Waals surface area contributed by atoms with Gasteiger partial charge in [0, 0.05) is 18.0 Å². The molecule has 0 aromatic heterocycles. The fourth-order valence-corrected chi connectivity index (χ4v) is 1.07. The summed E-state index contributed by atoms with van der Waals surface area (Å²) in [7, 11) is 0. The minimum absolute atomic E-state index is 0.0240. The monoisotopic (exact) mass is 255 g/mol. The fourth-order valence-electron chi connectivity index (χ4n) is 1.07. The molecule has 0 heterocycles. The van der Waals surface area contributed by atoms with E-state index in [1.165, 1.54) is 0 Å². The molecule has 0 atom stereocenters. The average molecular weight is 255 g/mol. The van der Waals surface area contributed by atoms with Crippen molar-refractivity contribution in [2.24, 2.45) is 10.5 Å². The van der Waals surface area contributed by atoms with Gasteiger partial charge in [-0.25, -0.2) is 19.0 Å². The van der Waals surface area contributed by atoms with Crippen LogP contribution in [0.25, 0.3) is 0 Å². The quantitative estimate of drug-likeness (QED) is 0.619. The zero-order chi connectivity index (χ0) is 13.8. The molecule has 0 fully saturated rings. The van der Waals surface area contributed by atoms with Gasteiger partial charge >= 0.3 is 6.03 Å². The molecule has 1 rings (SSSR count). The highest BCUT2D eigenvalue weighted by molar-refractivity contribution is 5.89. The van der Waals surface area contributed by atoms with E-state index in [-0.39, 0.29) is 11.1 Å². The van der Waals surface area contributed by atoms with Crippen molar-refractivity contribution < 1.29 is 13.6 Å². The van der Waals surface area contributed by atoms with Crippen LogP contribution in [-0.4, -0.2) is 12.2 Å². The van der Waals surface area contributed by atoms with Gasteiger partial charge in [-0.3, -0.25) is 0 Å². The lowest BCUT2D eigenvalue weighted by molar-refractivity contribution is 0.252. The van der Waals surface area contributed by atoms with E-state index in [4.69, 9.17) is 0 Å².